The molecule has 21 heavy (non-hydrogen) atoms. The molecule has 2 aromatic rings. The second-order valence-electron chi connectivity index (χ2n) is 5.97. The highest BCUT2D eigenvalue weighted by Gasteiger charge is 2.21. The predicted octanol–water partition coefficient (Wildman–Crippen LogP) is 4.04. The van der Waals surface area contributed by atoms with Crippen LogP contribution in [0.15, 0.2) is 35.5 Å². The molecule has 2 rings (SSSR count). The zero-order valence-corrected chi connectivity index (χ0v) is 13.2. The van der Waals surface area contributed by atoms with E-state index in [1.807, 2.05) is 36.0 Å². The Morgan fingerprint density at radius 1 is 1.24 bits per heavy atom. The minimum Gasteiger partial charge on any atom is -0.373 e. The van der Waals surface area contributed by atoms with Crippen molar-refractivity contribution >= 4 is 5.82 Å². The van der Waals surface area contributed by atoms with Gasteiger partial charge < -0.3 is 5.32 Å². The van der Waals surface area contributed by atoms with Crippen molar-refractivity contribution < 1.29 is 0 Å². The maximum atomic E-state index is 10.9. The van der Waals surface area contributed by atoms with Crippen LogP contribution >= 0.6 is 0 Å². The quantitative estimate of drug-likeness (QED) is 0.844. The van der Waals surface area contributed by atoms with Crippen LogP contribution in [-0.2, 0) is 5.54 Å². The lowest BCUT2D eigenvalue weighted by molar-refractivity contribution is 0.552. The molecule has 5 heteroatoms. The molecular formula is C16H22N4O. The van der Waals surface area contributed by atoms with Gasteiger partial charge in [-0.25, -0.2) is 4.68 Å². The summed E-state index contributed by atoms with van der Waals surface area (Å²) in [4.78, 5) is 10.9. The fourth-order valence-corrected chi connectivity index (χ4v) is 2.12. The molecule has 0 spiro atoms. The lowest BCUT2D eigenvalue weighted by Crippen LogP contribution is -2.12. The van der Waals surface area contributed by atoms with E-state index in [0.29, 0.717) is 5.92 Å². The van der Waals surface area contributed by atoms with E-state index in [4.69, 9.17) is 0 Å². The lowest BCUT2D eigenvalue weighted by Gasteiger charge is -2.16. The molecule has 0 aliphatic rings. The first-order chi connectivity index (χ1) is 9.89. The van der Waals surface area contributed by atoms with E-state index in [0.717, 1.165) is 22.8 Å². The minimum atomic E-state index is -0.711. The van der Waals surface area contributed by atoms with Crippen LogP contribution in [0.3, 0.4) is 0 Å². The smallest absolute Gasteiger partial charge is 0.129 e. The fourth-order valence-electron chi connectivity index (χ4n) is 2.12. The fraction of sp³-hybridized carbons (Fsp3) is 0.438. The number of anilines is 1. The van der Waals surface area contributed by atoms with Gasteiger partial charge in [-0.3, -0.25) is 0 Å². The highest BCUT2D eigenvalue weighted by atomic mass is 16.3. The summed E-state index contributed by atoms with van der Waals surface area (Å²) in [5, 5.41) is 11.0. The summed E-state index contributed by atoms with van der Waals surface area (Å²) in [5.74, 6) is 1.31. The van der Waals surface area contributed by atoms with Gasteiger partial charge in [-0.1, -0.05) is 31.2 Å². The molecule has 0 amide bonds. The Bertz CT molecular complexity index is 626. The summed E-state index contributed by atoms with van der Waals surface area (Å²) >= 11 is 0. The second kappa shape index (κ2) is 5.68. The number of rotatable bonds is 5. The average molecular weight is 286 g/mol. The zero-order valence-electron chi connectivity index (χ0n) is 13.2. The van der Waals surface area contributed by atoms with E-state index in [1.54, 1.807) is 13.8 Å². The Labute approximate surface area is 125 Å². The minimum absolute atomic E-state index is 0.371. The van der Waals surface area contributed by atoms with E-state index in [9.17, 15) is 4.91 Å². The van der Waals surface area contributed by atoms with Gasteiger partial charge in [-0.05, 0) is 37.5 Å². The predicted molar refractivity (Wildman–Crippen MR) is 86.0 cm³/mol. The van der Waals surface area contributed by atoms with Crippen LogP contribution in [0.2, 0.25) is 0 Å². The standard InChI is InChI=1S/C16H22N4O/c1-11(2)14-10-15(17-5)20(18-14)13-8-6-12(7-9-13)16(3,4)19-21/h6-11,17H,1-5H3. The first-order valence-electron chi connectivity index (χ1n) is 7.12. The molecule has 0 bridgehead atoms. The van der Waals surface area contributed by atoms with Crippen molar-refractivity contribution in [3.8, 4) is 5.69 Å². The number of nitrogens with zero attached hydrogens (tertiary/aromatic N) is 3. The van der Waals surface area contributed by atoms with Crippen LogP contribution in [0, 0.1) is 4.91 Å². The van der Waals surface area contributed by atoms with Crippen molar-refractivity contribution in [2.24, 2.45) is 5.18 Å². The number of aromatic nitrogens is 2. The molecule has 1 heterocycles. The largest absolute Gasteiger partial charge is 0.373 e. The first-order valence-corrected chi connectivity index (χ1v) is 7.12. The van der Waals surface area contributed by atoms with Crippen LogP contribution < -0.4 is 5.32 Å². The highest BCUT2D eigenvalue weighted by molar-refractivity contribution is 5.47. The molecule has 0 aliphatic heterocycles. The number of hydrogen-bond acceptors (Lipinski definition) is 4. The monoisotopic (exact) mass is 286 g/mol. The van der Waals surface area contributed by atoms with Gasteiger partial charge in [-0.15, -0.1) is 4.91 Å². The van der Waals surface area contributed by atoms with Gasteiger partial charge in [0.15, 0.2) is 0 Å². The normalized spacial score (nSPS) is 11.7. The van der Waals surface area contributed by atoms with Crippen LogP contribution in [-0.4, -0.2) is 16.8 Å². The Kier molecular flexibility index (Phi) is 4.11. The maximum absolute atomic E-state index is 10.9. The van der Waals surface area contributed by atoms with Crippen molar-refractivity contribution in [2.75, 3.05) is 12.4 Å². The molecule has 1 N–H and O–H groups in total. The topological polar surface area (TPSA) is 59.3 Å². The third kappa shape index (κ3) is 2.96. The molecule has 0 saturated heterocycles. The molecule has 0 fully saturated rings. The van der Waals surface area contributed by atoms with Gasteiger partial charge in [-0.2, -0.15) is 5.10 Å². The van der Waals surface area contributed by atoms with Crippen LogP contribution in [0.1, 0.15) is 44.9 Å². The van der Waals surface area contributed by atoms with Gasteiger partial charge in [0.2, 0.25) is 0 Å². The van der Waals surface area contributed by atoms with Crippen molar-refractivity contribution in [2.45, 2.75) is 39.2 Å². The van der Waals surface area contributed by atoms with Gasteiger partial charge in [0.05, 0.1) is 11.4 Å². The summed E-state index contributed by atoms with van der Waals surface area (Å²) < 4.78 is 1.88. The van der Waals surface area contributed by atoms with Gasteiger partial charge in [0.25, 0.3) is 0 Å². The maximum Gasteiger partial charge on any atom is 0.129 e. The van der Waals surface area contributed by atoms with Gasteiger partial charge in [0, 0.05) is 13.1 Å². The second-order valence-corrected chi connectivity index (χ2v) is 5.97. The van der Waals surface area contributed by atoms with E-state index in [2.05, 4.69) is 35.5 Å². The Morgan fingerprint density at radius 2 is 1.86 bits per heavy atom. The molecule has 0 radical (unpaired) electrons. The summed E-state index contributed by atoms with van der Waals surface area (Å²) in [5.41, 5.74) is 2.18. The van der Waals surface area contributed by atoms with Crippen molar-refractivity contribution in [1.82, 2.24) is 9.78 Å². The summed E-state index contributed by atoms with van der Waals surface area (Å²) in [7, 11) is 1.88. The van der Waals surface area contributed by atoms with Crippen LogP contribution in [0.5, 0.6) is 0 Å². The molecule has 0 aliphatic carbocycles. The first kappa shape index (κ1) is 15.2. The van der Waals surface area contributed by atoms with Crippen LogP contribution in [0.4, 0.5) is 5.82 Å². The number of hydrogen-bond donors (Lipinski definition) is 1. The summed E-state index contributed by atoms with van der Waals surface area (Å²) in [6.07, 6.45) is 0. The lowest BCUT2D eigenvalue weighted by atomic mass is 9.95. The molecular weight excluding hydrogens is 264 g/mol. The number of nitrogens with one attached hydrogen (secondary N) is 1. The molecule has 112 valence electrons. The third-order valence-electron chi connectivity index (χ3n) is 3.62. The van der Waals surface area contributed by atoms with Gasteiger partial charge >= 0.3 is 0 Å². The van der Waals surface area contributed by atoms with Crippen molar-refractivity contribution in [3.63, 3.8) is 0 Å². The Morgan fingerprint density at radius 3 is 2.33 bits per heavy atom. The van der Waals surface area contributed by atoms with Crippen molar-refractivity contribution in [3.05, 3.63) is 46.5 Å². The van der Waals surface area contributed by atoms with E-state index >= 15 is 0 Å². The van der Waals surface area contributed by atoms with E-state index < -0.39 is 5.54 Å². The summed E-state index contributed by atoms with van der Waals surface area (Å²) in [6.45, 7) is 7.85. The van der Waals surface area contributed by atoms with E-state index in [1.165, 1.54) is 0 Å². The Balaban J connectivity index is 2.41. The van der Waals surface area contributed by atoms with Crippen LogP contribution in [0.25, 0.3) is 5.69 Å². The number of benzene rings is 1. The number of nitroso groups, excluding NO2 is 1. The molecule has 1 aromatic heterocycles. The van der Waals surface area contributed by atoms with E-state index in [-0.39, 0.29) is 0 Å². The van der Waals surface area contributed by atoms with Crippen molar-refractivity contribution in [1.29, 1.82) is 0 Å². The summed E-state index contributed by atoms with van der Waals surface area (Å²) in [6, 6.07) is 9.82. The average Bonchev–Trinajstić information content (AvgIpc) is 2.92. The Hall–Kier alpha value is -2.17. The molecule has 0 unspecified atom stereocenters. The molecule has 0 atom stereocenters. The molecule has 5 nitrogen and oxygen atoms in total. The SMILES string of the molecule is CNc1cc(C(C)C)nn1-c1ccc(C(C)(C)N=O)cc1. The zero-order chi connectivity index (χ0) is 15.6. The molecule has 0 saturated carbocycles. The molecule has 1 aromatic carbocycles. The third-order valence-corrected chi connectivity index (χ3v) is 3.62. The highest BCUT2D eigenvalue weighted by Crippen LogP contribution is 2.27. The van der Waals surface area contributed by atoms with Gasteiger partial charge in [0.1, 0.15) is 11.4 Å².